The topological polar surface area (TPSA) is 69.0 Å². The van der Waals surface area contributed by atoms with E-state index in [1.54, 1.807) is 0 Å². The van der Waals surface area contributed by atoms with Gasteiger partial charge in [-0.15, -0.1) is 0 Å². The van der Waals surface area contributed by atoms with Crippen molar-refractivity contribution in [2.24, 2.45) is 0 Å². The van der Waals surface area contributed by atoms with E-state index in [1.165, 1.54) is 12.8 Å². The van der Waals surface area contributed by atoms with Crippen molar-refractivity contribution in [3.8, 4) is 17.0 Å². The molecule has 0 spiro atoms. The highest BCUT2D eigenvalue weighted by atomic mass is 16.5. The van der Waals surface area contributed by atoms with Gasteiger partial charge in [0.25, 0.3) is 0 Å². The molecule has 0 atom stereocenters. The Morgan fingerprint density at radius 3 is 2.65 bits per heavy atom. The minimum atomic E-state index is 0.00966. The van der Waals surface area contributed by atoms with Gasteiger partial charge in [-0.25, -0.2) is 0 Å². The molecular formula is C25H26N4O2. The van der Waals surface area contributed by atoms with Gasteiger partial charge in [-0.05, 0) is 50.1 Å². The highest BCUT2D eigenvalue weighted by molar-refractivity contribution is 6.08. The number of pyridine rings is 1. The van der Waals surface area contributed by atoms with E-state index in [0.717, 1.165) is 51.7 Å². The van der Waals surface area contributed by atoms with E-state index in [4.69, 9.17) is 9.84 Å². The van der Waals surface area contributed by atoms with Gasteiger partial charge in [-0.3, -0.25) is 14.5 Å². The number of carbonyl (C=O) groups is 1. The second-order valence-electron chi connectivity index (χ2n) is 8.05. The average Bonchev–Trinajstić information content (AvgIpc) is 3.42. The van der Waals surface area contributed by atoms with E-state index < -0.39 is 0 Å². The van der Waals surface area contributed by atoms with Crippen LogP contribution in [0.4, 0.5) is 0 Å². The van der Waals surface area contributed by atoms with Crippen molar-refractivity contribution in [3.05, 3.63) is 54.7 Å². The summed E-state index contributed by atoms with van der Waals surface area (Å²) in [5.41, 5.74) is 3.63. The summed E-state index contributed by atoms with van der Waals surface area (Å²) in [4.78, 5) is 17.4. The summed E-state index contributed by atoms with van der Waals surface area (Å²) < 4.78 is 7.40. The van der Waals surface area contributed by atoms with E-state index in [1.807, 2.05) is 66.3 Å². The molecule has 1 saturated carbocycles. The number of ether oxygens (including phenoxy) is 1. The molecule has 0 aliphatic heterocycles. The van der Waals surface area contributed by atoms with E-state index in [9.17, 15) is 4.79 Å². The number of amides is 1. The molecule has 6 heteroatoms. The fourth-order valence-electron chi connectivity index (χ4n) is 4.49. The Balaban J connectivity index is 1.58. The molecule has 0 saturated heterocycles. The molecule has 6 nitrogen and oxygen atoms in total. The Kier molecular flexibility index (Phi) is 5.28. The lowest BCUT2D eigenvalue weighted by atomic mass is 10.1. The van der Waals surface area contributed by atoms with E-state index in [2.05, 4.69) is 10.3 Å². The highest BCUT2D eigenvalue weighted by Gasteiger charge is 2.20. The van der Waals surface area contributed by atoms with Crippen LogP contribution in [0.5, 0.6) is 5.75 Å². The maximum Gasteiger partial charge on any atom is 0.241 e. The smallest absolute Gasteiger partial charge is 0.241 e. The summed E-state index contributed by atoms with van der Waals surface area (Å²) >= 11 is 0. The van der Waals surface area contributed by atoms with Crippen LogP contribution in [0.15, 0.2) is 54.7 Å². The normalized spacial score (nSPS) is 14.4. The summed E-state index contributed by atoms with van der Waals surface area (Å²) in [7, 11) is 0. The van der Waals surface area contributed by atoms with Crippen LogP contribution >= 0.6 is 0 Å². The van der Waals surface area contributed by atoms with Gasteiger partial charge in [-0.2, -0.15) is 5.10 Å². The van der Waals surface area contributed by atoms with Crippen LogP contribution in [0, 0.1) is 0 Å². The summed E-state index contributed by atoms with van der Waals surface area (Å²) in [5, 5.41) is 9.99. The Morgan fingerprint density at radius 2 is 1.87 bits per heavy atom. The molecule has 2 heterocycles. The van der Waals surface area contributed by atoms with Gasteiger partial charge >= 0.3 is 0 Å². The van der Waals surface area contributed by atoms with Crippen LogP contribution in [0.3, 0.4) is 0 Å². The van der Waals surface area contributed by atoms with Crippen LogP contribution in [0.2, 0.25) is 0 Å². The number of hydrogen-bond acceptors (Lipinski definition) is 4. The molecule has 31 heavy (non-hydrogen) atoms. The second kappa shape index (κ2) is 8.38. The molecule has 0 unspecified atom stereocenters. The van der Waals surface area contributed by atoms with Gasteiger partial charge in [0.15, 0.2) is 0 Å². The number of aromatic nitrogens is 3. The third-order valence-corrected chi connectivity index (χ3v) is 5.93. The molecular weight excluding hydrogens is 388 g/mol. The van der Waals surface area contributed by atoms with Gasteiger partial charge in [-0.1, -0.05) is 31.0 Å². The van der Waals surface area contributed by atoms with Crippen molar-refractivity contribution in [2.45, 2.75) is 45.2 Å². The summed E-state index contributed by atoms with van der Waals surface area (Å²) in [6.45, 7) is 2.79. The number of carbonyl (C=O) groups excluding carboxylic acids is 1. The molecule has 1 aliphatic carbocycles. The molecule has 0 radical (unpaired) electrons. The molecule has 158 valence electrons. The number of nitrogens with zero attached hydrogens (tertiary/aromatic N) is 3. The van der Waals surface area contributed by atoms with Crippen molar-refractivity contribution in [3.63, 3.8) is 0 Å². The van der Waals surface area contributed by atoms with Gasteiger partial charge in [0, 0.05) is 28.6 Å². The largest absolute Gasteiger partial charge is 0.494 e. The first kappa shape index (κ1) is 19.5. The van der Waals surface area contributed by atoms with Gasteiger partial charge < -0.3 is 10.1 Å². The lowest BCUT2D eigenvalue weighted by Crippen LogP contribution is -2.35. The number of benzene rings is 2. The van der Waals surface area contributed by atoms with Crippen molar-refractivity contribution >= 4 is 27.7 Å². The average molecular weight is 415 g/mol. The van der Waals surface area contributed by atoms with Crippen molar-refractivity contribution in [1.82, 2.24) is 20.1 Å². The first-order chi connectivity index (χ1) is 15.2. The zero-order chi connectivity index (χ0) is 21.2. The number of hydrogen-bond donors (Lipinski definition) is 1. The molecule has 1 fully saturated rings. The molecule has 2 aromatic carbocycles. The Bertz CT molecular complexity index is 1220. The first-order valence-electron chi connectivity index (χ1n) is 11.0. The van der Waals surface area contributed by atoms with Gasteiger partial charge in [0.2, 0.25) is 5.91 Å². The Labute approximate surface area is 181 Å². The zero-order valence-corrected chi connectivity index (χ0v) is 17.7. The SMILES string of the molecule is CCOc1ccc(-c2nn(CC(=O)NC3CCCC3)c3c2cnc2ccccc23)cc1. The minimum Gasteiger partial charge on any atom is -0.494 e. The molecule has 1 aliphatic rings. The van der Waals surface area contributed by atoms with Crippen molar-refractivity contribution in [1.29, 1.82) is 0 Å². The van der Waals surface area contributed by atoms with Crippen molar-refractivity contribution < 1.29 is 9.53 Å². The fraction of sp³-hybridized carbons (Fsp3) is 0.320. The zero-order valence-electron chi connectivity index (χ0n) is 17.7. The van der Waals surface area contributed by atoms with Crippen LogP contribution in [0.25, 0.3) is 33.1 Å². The number of nitrogens with one attached hydrogen (secondary N) is 1. The second-order valence-corrected chi connectivity index (χ2v) is 8.05. The molecule has 1 N–H and O–H groups in total. The maximum absolute atomic E-state index is 12.8. The minimum absolute atomic E-state index is 0.00966. The number of para-hydroxylation sites is 1. The maximum atomic E-state index is 12.8. The highest BCUT2D eigenvalue weighted by Crippen LogP contribution is 2.32. The lowest BCUT2D eigenvalue weighted by molar-refractivity contribution is -0.122. The summed E-state index contributed by atoms with van der Waals surface area (Å²) in [5.74, 6) is 0.838. The van der Waals surface area contributed by atoms with E-state index in [-0.39, 0.29) is 12.5 Å². The number of rotatable bonds is 6. The predicted octanol–water partition coefficient (Wildman–Crippen LogP) is 4.71. The molecule has 5 rings (SSSR count). The van der Waals surface area contributed by atoms with Gasteiger partial charge in [0.05, 0.1) is 17.6 Å². The van der Waals surface area contributed by atoms with Gasteiger partial charge in [0.1, 0.15) is 18.0 Å². The molecule has 1 amide bonds. The quantitative estimate of drug-likeness (QED) is 0.496. The molecule has 4 aromatic rings. The molecule has 0 bridgehead atoms. The monoisotopic (exact) mass is 414 g/mol. The van der Waals surface area contributed by atoms with Crippen LogP contribution in [0.1, 0.15) is 32.6 Å². The third-order valence-electron chi connectivity index (χ3n) is 5.93. The number of fused-ring (bicyclic) bond motifs is 3. The van der Waals surface area contributed by atoms with Crippen molar-refractivity contribution in [2.75, 3.05) is 6.61 Å². The summed E-state index contributed by atoms with van der Waals surface area (Å²) in [6.07, 6.45) is 6.37. The predicted molar refractivity (Wildman–Crippen MR) is 122 cm³/mol. The first-order valence-corrected chi connectivity index (χ1v) is 11.0. The lowest BCUT2D eigenvalue weighted by Gasteiger charge is -2.12. The van der Waals surface area contributed by atoms with Crippen LogP contribution < -0.4 is 10.1 Å². The van der Waals surface area contributed by atoms with Crippen LogP contribution in [-0.4, -0.2) is 33.3 Å². The van der Waals surface area contributed by atoms with E-state index >= 15 is 0 Å². The standard InChI is InChI=1S/C25H26N4O2/c1-2-31-19-13-11-17(12-14-19)24-21-15-26-22-10-6-5-9-20(22)25(21)29(28-24)16-23(30)27-18-7-3-4-8-18/h5-6,9-15,18H,2-4,7-8,16H2,1H3,(H,27,30). The Morgan fingerprint density at radius 1 is 1.10 bits per heavy atom. The fourth-order valence-corrected chi connectivity index (χ4v) is 4.49. The van der Waals surface area contributed by atoms with E-state index in [0.29, 0.717) is 12.6 Å². The van der Waals surface area contributed by atoms with Crippen LogP contribution in [-0.2, 0) is 11.3 Å². The summed E-state index contributed by atoms with van der Waals surface area (Å²) in [6, 6.07) is 16.2. The Hall–Kier alpha value is -3.41. The third kappa shape index (κ3) is 3.85. The molecule has 2 aromatic heterocycles.